The van der Waals surface area contributed by atoms with Gasteiger partial charge in [0.15, 0.2) is 0 Å². The molecule has 0 heterocycles. The fraction of sp³-hybridized carbons (Fsp3) is 1.00. The van der Waals surface area contributed by atoms with Crippen molar-refractivity contribution < 1.29 is 0 Å². The van der Waals surface area contributed by atoms with Crippen molar-refractivity contribution in [3.8, 4) is 0 Å². The first kappa shape index (κ1) is 8.44. The molecule has 0 aromatic carbocycles. The standard InChI is InChI=1S/C6H14BrN/c1-3-4-8-5-6(2)7/h6,8H,3-5H2,1-2H3. The van der Waals surface area contributed by atoms with Gasteiger partial charge >= 0.3 is 0 Å². The van der Waals surface area contributed by atoms with Crippen LogP contribution in [0.2, 0.25) is 0 Å². The molecule has 0 amide bonds. The highest BCUT2D eigenvalue weighted by atomic mass is 79.9. The van der Waals surface area contributed by atoms with Crippen molar-refractivity contribution >= 4 is 15.9 Å². The van der Waals surface area contributed by atoms with Crippen LogP contribution in [0.15, 0.2) is 0 Å². The van der Waals surface area contributed by atoms with Gasteiger partial charge in [-0.2, -0.15) is 0 Å². The minimum Gasteiger partial charge on any atom is -0.316 e. The smallest absolute Gasteiger partial charge is 0.0242 e. The Morgan fingerprint density at radius 2 is 2.25 bits per heavy atom. The van der Waals surface area contributed by atoms with Gasteiger partial charge in [0.05, 0.1) is 0 Å². The fourth-order valence-corrected chi connectivity index (χ4v) is 0.707. The summed E-state index contributed by atoms with van der Waals surface area (Å²) in [5.41, 5.74) is 0. The molecular formula is C6H14BrN. The second-order valence-corrected chi connectivity index (χ2v) is 3.55. The lowest BCUT2D eigenvalue weighted by Crippen LogP contribution is -2.21. The summed E-state index contributed by atoms with van der Waals surface area (Å²) in [5.74, 6) is 0. The number of alkyl halides is 1. The Balaban J connectivity index is 2.72. The average Bonchev–Trinajstić information content (AvgIpc) is 1.66. The first-order valence-corrected chi connectivity index (χ1v) is 4.03. The normalized spacial score (nSPS) is 13.9. The van der Waals surface area contributed by atoms with Crippen LogP contribution in [-0.2, 0) is 0 Å². The molecule has 0 aromatic heterocycles. The maximum atomic E-state index is 3.44. The summed E-state index contributed by atoms with van der Waals surface area (Å²) in [6.07, 6.45) is 1.22. The summed E-state index contributed by atoms with van der Waals surface area (Å²) in [4.78, 5) is 0.606. The number of nitrogens with one attached hydrogen (secondary N) is 1. The minimum absolute atomic E-state index is 0.606. The Labute approximate surface area is 60.0 Å². The summed E-state index contributed by atoms with van der Waals surface area (Å²) < 4.78 is 0. The van der Waals surface area contributed by atoms with Crippen molar-refractivity contribution in [2.24, 2.45) is 0 Å². The summed E-state index contributed by atoms with van der Waals surface area (Å²) in [5, 5.41) is 3.29. The zero-order valence-corrected chi connectivity index (χ0v) is 7.16. The molecule has 0 fully saturated rings. The third-order valence-electron chi connectivity index (χ3n) is 0.852. The first-order valence-electron chi connectivity index (χ1n) is 3.12. The third-order valence-corrected chi connectivity index (χ3v) is 1.18. The van der Waals surface area contributed by atoms with Gasteiger partial charge in [-0.05, 0) is 13.0 Å². The molecule has 1 nitrogen and oxygen atoms in total. The molecule has 50 valence electrons. The van der Waals surface area contributed by atoms with E-state index < -0.39 is 0 Å². The fourth-order valence-electron chi connectivity index (χ4n) is 0.478. The predicted molar refractivity (Wildman–Crippen MR) is 41.5 cm³/mol. The Morgan fingerprint density at radius 1 is 1.62 bits per heavy atom. The summed E-state index contributed by atoms with van der Waals surface area (Å²) >= 11 is 3.44. The molecular weight excluding hydrogens is 166 g/mol. The highest BCUT2D eigenvalue weighted by molar-refractivity contribution is 9.09. The van der Waals surface area contributed by atoms with Crippen LogP contribution in [-0.4, -0.2) is 17.9 Å². The van der Waals surface area contributed by atoms with E-state index in [1.807, 2.05) is 0 Å². The van der Waals surface area contributed by atoms with Crippen molar-refractivity contribution in [2.45, 2.75) is 25.1 Å². The summed E-state index contributed by atoms with van der Waals surface area (Å²) in [6, 6.07) is 0. The van der Waals surface area contributed by atoms with E-state index in [-0.39, 0.29) is 0 Å². The Hall–Kier alpha value is 0.440. The molecule has 1 atom stereocenters. The third kappa shape index (κ3) is 6.44. The van der Waals surface area contributed by atoms with E-state index in [1.54, 1.807) is 0 Å². The van der Waals surface area contributed by atoms with Crippen molar-refractivity contribution in [3.05, 3.63) is 0 Å². The Kier molecular flexibility index (Phi) is 5.88. The molecule has 1 unspecified atom stereocenters. The monoisotopic (exact) mass is 179 g/mol. The number of halogens is 1. The van der Waals surface area contributed by atoms with Crippen LogP contribution < -0.4 is 5.32 Å². The van der Waals surface area contributed by atoms with Crippen LogP contribution in [0.5, 0.6) is 0 Å². The largest absolute Gasteiger partial charge is 0.316 e. The second-order valence-electron chi connectivity index (χ2n) is 1.98. The van der Waals surface area contributed by atoms with Gasteiger partial charge in [-0.1, -0.05) is 29.8 Å². The van der Waals surface area contributed by atoms with Gasteiger partial charge in [0.2, 0.25) is 0 Å². The first-order chi connectivity index (χ1) is 3.77. The number of rotatable bonds is 4. The van der Waals surface area contributed by atoms with E-state index in [2.05, 4.69) is 35.1 Å². The van der Waals surface area contributed by atoms with E-state index in [0.29, 0.717) is 4.83 Å². The van der Waals surface area contributed by atoms with Crippen molar-refractivity contribution in [2.75, 3.05) is 13.1 Å². The topological polar surface area (TPSA) is 12.0 Å². The van der Waals surface area contributed by atoms with Gasteiger partial charge in [0.25, 0.3) is 0 Å². The number of hydrogen-bond donors (Lipinski definition) is 1. The molecule has 0 saturated carbocycles. The van der Waals surface area contributed by atoms with E-state index in [1.165, 1.54) is 6.42 Å². The quantitative estimate of drug-likeness (QED) is 0.513. The van der Waals surface area contributed by atoms with Crippen LogP contribution in [0, 0.1) is 0 Å². The zero-order chi connectivity index (χ0) is 6.41. The molecule has 0 saturated heterocycles. The van der Waals surface area contributed by atoms with E-state index in [9.17, 15) is 0 Å². The predicted octanol–water partition coefficient (Wildman–Crippen LogP) is 1.77. The van der Waals surface area contributed by atoms with Crippen molar-refractivity contribution in [1.82, 2.24) is 5.32 Å². The highest BCUT2D eigenvalue weighted by Gasteiger charge is 1.90. The molecule has 2 heteroatoms. The molecule has 0 aliphatic carbocycles. The van der Waals surface area contributed by atoms with E-state index >= 15 is 0 Å². The maximum absolute atomic E-state index is 3.44. The lowest BCUT2D eigenvalue weighted by atomic mass is 10.4. The molecule has 1 N–H and O–H groups in total. The molecule has 0 radical (unpaired) electrons. The van der Waals surface area contributed by atoms with Gasteiger partial charge < -0.3 is 5.32 Å². The van der Waals surface area contributed by atoms with Gasteiger partial charge in [-0.15, -0.1) is 0 Å². The number of hydrogen-bond acceptors (Lipinski definition) is 1. The average molecular weight is 180 g/mol. The lowest BCUT2D eigenvalue weighted by molar-refractivity contribution is 0.673. The molecule has 0 aromatic rings. The maximum Gasteiger partial charge on any atom is 0.0242 e. The van der Waals surface area contributed by atoms with E-state index in [0.717, 1.165) is 13.1 Å². The lowest BCUT2D eigenvalue weighted by Gasteiger charge is -2.02. The Bertz CT molecular complexity index is 45.8. The van der Waals surface area contributed by atoms with Crippen LogP contribution in [0.1, 0.15) is 20.3 Å². The minimum atomic E-state index is 0.606. The Morgan fingerprint density at radius 3 is 2.62 bits per heavy atom. The molecule has 0 spiro atoms. The van der Waals surface area contributed by atoms with Crippen molar-refractivity contribution in [1.29, 1.82) is 0 Å². The van der Waals surface area contributed by atoms with Gasteiger partial charge in [-0.25, -0.2) is 0 Å². The van der Waals surface area contributed by atoms with Gasteiger partial charge in [0, 0.05) is 11.4 Å². The molecule has 8 heavy (non-hydrogen) atoms. The van der Waals surface area contributed by atoms with Crippen LogP contribution >= 0.6 is 15.9 Å². The van der Waals surface area contributed by atoms with E-state index in [4.69, 9.17) is 0 Å². The molecule has 0 rings (SSSR count). The molecule has 0 bridgehead atoms. The summed E-state index contributed by atoms with van der Waals surface area (Å²) in [6.45, 7) is 6.53. The van der Waals surface area contributed by atoms with Crippen LogP contribution in [0.25, 0.3) is 0 Å². The summed E-state index contributed by atoms with van der Waals surface area (Å²) in [7, 11) is 0. The van der Waals surface area contributed by atoms with Crippen LogP contribution in [0.3, 0.4) is 0 Å². The van der Waals surface area contributed by atoms with Gasteiger partial charge in [-0.3, -0.25) is 0 Å². The zero-order valence-electron chi connectivity index (χ0n) is 5.58. The highest BCUT2D eigenvalue weighted by Crippen LogP contribution is 1.92. The SMILES string of the molecule is CCCNCC(C)Br. The molecule has 0 aliphatic heterocycles. The second kappa shape index (κ2) is 5.57. The van der Waals surface area contributed by atoms with Crippen LogP contribution in [0.4, 0.5) is 0 Å². The van der Waals surface area contributed by atoms with Gasteiger partial charge in [0.1, 0.15) is 0 Å². The van der Waals surface area contributed by atoms with Crippen molar-refractivity contribution in [3.63, 3.8) is 0 Å². The molecule has 0 aliphatic rings.